The van der Waals surface area contributed by atoms with E-state index in [-0.39, 0.29) is 24.8 Å². The second-order valence-electron chi connectivity index (χ2n) is 4.30. The maximum atomic E-state index is 11.8. The summed E-state index contributed by atoms with van der Waals surface area (Å²) in [5, 5.41) is 3.29. The average molecular weight is 271 g/mol. The Morgan fingerprint density at radius 2 is 1.88 bits per heavy atom. The summed E-state index contributed by atoms with van der Waals surface area (Å²) in [6, 6.07) is 0. The summed E-state index contributed by atoms with van der Waals surface area (Å²) in [6.07, 6.45) is 0. The van der Waals surface area contributed by atoms with E-state index < -0.39 is 10.0 Å². The number of halogens is 1. The van der Waals surface area contributed by atoms with Crippen molar-refractivity contribution in [3.05, 3.63) is 0 Å². The van der Waals surface area contributed by atoms with Gasteiger partial charge in [-0.15, -0.1) is 12.4 Å². The van der Waals surface area contributed by atoms with Crippen molar-refractivity contribution in [2.24, 2.45) is 11.8 Å². The lowest BCUT2D eigenvalue weighted by molar-refractivity contribution is 0.215. The Morgan fingerprint density at radius 3 is 2.38 bits per heavy atom. The third-order valence-electron chi connectivity index (χ3n) is 3.29. The molecule has 0 aromatic rings. The van der Waals surface area contributed by atoms with Gasteiger partial charge in [0, 0.05) is 20.2 Å². The zero-order valence-corrected chi connectivity index (χ0v) is 11.0. The van der Waals surface area contributed by atoms with Crippen LogP contribution in [-0.4, -0.2) is 58.4 Å². The molecule has 2 aliphatic heterocycles. The lowest BCUT2D eigenvalue weighted by Gasteiger charge is -2.16. The Hall–Kier alpha value is 0.120. The van der Waals surface area contributed by atoms with Crippen LogP contribution in [-0.2, 0) is 14.8 Å². The minimum Gasteiger partial charge on any atom is -0.384 e. The van der Waals surface area contributed by atoms with Gasteiger partial charge in [0.2, 0.25) is 10.0 Å². The van der Waals surface area contributed by atoms with Gasteiger partial charge in [0.15, 0.2) is 0 Å². The second-order valence-corrected chi connectivity index (χ2v) is 6.39. The average Bonchev–Trinajstić information content (AvgIpc) is 2.73. The van der Waals surface area contributed by atoms with Crippen molar-refractivity contribution < 1.29 is 13.2 Å². The van der Waals surface area contributed by atoms with Crippen LogP contribution >= 0.6 is 12.4 Å². The number of ether oxygens (including phenoxy) is 1. The van der Waals surface area contributed by atoms with Gasteiger partial charge in [0.1, 0.15) is 0 Å². The molecule has 0 aromatic heterocycles. The number of hydrogen-bond donors (Lipinski definition) is 1. The molecule has 2 fully saturated rings. The molecule has 2 heterocycles. The molecular weight excluding hydrogens is 252 g/mol. The minimum absolute atomic E-state index is 0. The second kappa shape index (κ2) is 5.64. The first-order valence-electron chi connectivity index (χ1n) is 5.31. The highest BCUT2D eigenvalue weighted by molar-refractivity contribution is 7.89. The highest BCUT2D eigenvalue weighted by Gasteiger charge is 2.40. The largest absolute Gasteiger partial charge is 0.384 e. The summed E-state index contributed by atoms with van der Waals surface area (Å²) in [6.45, 7) is 3.57. The van der Waals surface area contributed by atoms with Gasteiger partial charge in [-0.25, -0.2) is 12.7 Å². The zero-order valence-electron chi connectivity index (χ0n) is 9.39. The fourth-order valence-corrected chi connectivity index (χ4v) is 3.83. The normalized spacial score (nSPS) is 30.1. The van der Waals surface area contributed by atoms with Crippen LogP contribution in [0.25, 0.3) is 0 Å². The Labute approximate surface area is 103 Å². The Kier molecular flexibility index (Phi) is 5.00. The molecule has 2 atom stereocenters. The third kappa shape index (κ3) is 2.87. The van der Waals surface area contributed by atoms with Crippen LogP contribution < -0.4 is 5.32 Å². The number of nitrogens with one attached hydrogen (secondary N) is 1. The number of methoxy groups -OCH3 is 1. The predicted molar refractivity (Wildman–Crippen MR) is 64.3 cm³/mol. The van der Waals surface area contributed by atoms with Gasteiger partial charge in [0.25, 0.3) is 0 Å². The van der Waals surface area contributed by atoms with E-state index in [1.54, 1.807) is 4.31 Å². The van der Waals surface area contributed by atoms with Crippen molar-refractivity contribution in [3.8, 4) is 0 Å². The molecule has 16 heavy (non-hydrogen) atoms. The van der Waals surface area contributed by atoms with Crippen molar-refractivity contribution in [3.63, 3.8) is 0 Å². The molecular formula is C9H19ClN2O3S. The molecule has 0 aliphatic carbocycles. The van der Waals surface area contributed by atoms with E-state index in [9.17, 15) is 8.42 Å². The van der Waals surface area contributed by atoms with Gasteiger partial charge in [-0.05, 0) is 24.9 Å². The van der Waals surface area contributed by atoms with Crippen molar-refractivity contribution in [1.82, 2.24) is 9.62 Å². The van der Waals surface area contributed by atoms with Crippen LogP contribution in [0.5, 0.6) is 0 Å². The lowest BCUT2D eigenvalue weighted by atomic mass is 10.0. The summed E-state index contributed by atoms with van der Waals surface area (Å²) >= 11 is 0. The fraction of sp³-hybridized carbons (Fsp3) is 1.00. The van der Waals surface area contributed by atoms with Crippen LogP contribution in [0.3, 0.4) is 0 Å². The summed E-state index contributed by atoms with van der Waals surface area (Å²) < 4.78 is 30.1. The molecule has 7 heteroatoms. The first-order chi connectivity index (χ1) is 7.13. The van der Waals surface area contributed by atoms with Crippen molar-refractivity contribution in [2.45, 2.75) is 0 Å². The Balaban J connectivity index is 0.00000128. The molecule has 96 valence electrons. The molecule has 1 N–H and O–H groups in total. The first kappa shape index (κ1) is 14.2. The number of sulfonamides is 1. The molecule has 0 unspecified atom stereocenters. The number of nitrogens with zero attached hydrogens (tertiary/aromatic N) is 1. The SMILES string of the molecule is COCCS(=O)(=O)N1C[C@H]2CNC[C@H]2C1.Cl. The van der Waals surface area contributed by atoms with E-state index in [0.29, 0.717) is 24.9 Å². The molecule has 0 spiro atoms. The maximum Gasteiger partial charge on any atom is 0.216 e. The van der Waals surface area contributed by atoms with E-state index >= 15 is 0 Å². The van der Waals surface area contributed by atoms with Crippen LogP contribution in [0.4, 0.5) is 0 Å². The van der Waals surface area contributed by atoms with Crippen LogP contribution in [0.1, 0.15) is 0 Å². The summed E-state index contributed by atoms with van der Waals surface area (Å²) in [7, 11) is -1.56. The van der Waals surface area contributed by atoms with E-state index in [1.807, 2.05) is 0 Å². The van der Waals surface area contributed by atoms with Crippen molar-refractivity contribution in [1.29, 1.82) is 0 Å². The number of rotatable bonds is 4. The summed E-state index contributed by atoms with van der Waals surface area (Å²) in [4.78, 5) is 0. The van der Waals surface area contributed by atoms with E-state index in [4.69, 9.17) is 4.74 Å². The maximum absolute atomic E-state index is 11.8. The predicted octanol–water partition coefficient (Wildman–Crippen LogP) is -0.464. The lowest BCUT2D eigenvalue weighted by Crippen LogP contribution is -2.34. The van der Waals surface area contributed by atoms with Gasteiger partial charge >= 0.3 is 0 Å². The Morgan fingerprint density at radius 1 is 1.31 bits per heavy atom. The highest BCUT2D eigenvalue weighted by atomic mass is 35.5. The molecule has 0 bridgehead atoms. The fourth-order valence-electron chi connectivity index (χ4n) is 2.36. The van der Waals surface area contributed by atoms with Gasteiger partial charge in [-0.3, -0.25) is 0 Å². The van der Waals surface area contributed by atoms with Gasteiger partial charge in [-0.1, -0.05) is 0 Å². The highest BCUT2D eigenvalue weighted by Crippen LogP contribution is 2.28. The smallest absolute Gasteiger partial charge is 0.216 e. The number of hydrogen-bond acceptors (Lipinski definition) is 4. The quantitative estimate of drug-likeness (QED) is 0.751. The molecule has 0 aromatic carbocycles. The van der Waals surface area contributed by atoms with Crippen molar-refractivity contribution in [2.75, 3.05) is 45.6 Å². The molecule has 2 aliphatic rings. The van der Waals surface area contributed by atoms with Gasteiger partial charge in [-0.2, -0.15) is 0 Å². The Bertz CT molecular complexity index is 311. The molecule has 0 saturated carbocycles. The van der Waals surface area contributed by atoms with Gasteiger partial charge < -0.3 is 10.1 Å². The molecule has 0 radical (unpaired) electrons. The minimum atomic E-state index is -3.08. The zero-order chi connectivity index (χ0) is 10.9. The van der Waals surface area contributed by atoms with Gasteiger partial charge in [0.05, 0.1) is 12.4 Å². The van der Waals surface area contributed by atoms with E-state index in [2.05, 4.69) is 5.32 Å². The standard InChI is InChI=1S/C9H18N2O3S.ClH/c1-14-2-3-15(12,13)11-6-8-4-10-5-9(8)7-11;/h8-10H,2-7H2,1H3;1H/t8-,9+;. The molecule has 2 rings (SSSR count). The third-order valence-corrected chi connectivity index (χ3v) is 5.06. The molecule has 2 saturated heterocycles. The van der Waals surface area contributed by atoms with Crippen LogP contribution in [0.15, 0.2) is 0 Å². The van der Waals surface area contributed by atoms with Crippen LogP contribution in [0, 0.1) is 11.8 Å². The molecule has 5 nitrogen and oxygen atoms in total. The van der Waals surface area contributed by atoms with E-state index in [1.165, 1.54) is 7.11 Å². The summed E-state index contributed by atoms with van der Waals surface area (Å²) in [5.74, 6) is 1.14. The molecule has 0 amide bonds. The topological polar surface area (TPSA) is 58.6 Å². The summed E-state index contributed by atoms with van der Waals surface area (Å²) in [5.41, 5.74) is 0. The van der Waals surface area contributed by atoms with Crippen LogP contribution in [0.2, 0.25) is 0 Å². The van der Waals surface area contributed by atoms with Crippen molar-refractivity contribution >= 4 is 22.4 Å². The monoisotopic (exact) mass is 270 g/mol. The number of fused-ring (bicyclic) bond motifs is 1. The first-order valence-corrected chi connectivity index (χ1v) is 6.92. The van der Waals surface area contributed by atoms with E-state index in [0.717, 1.165) is 13.1 Å².